The summed E-state index contributed by atoms with van der Waals surface area (Å²) in [5.41, 5.74) is 0.163. The Bertz CT molecular complexity index is 605. The van der Waals surface area contributed by atoms with Crippen molar-refractivity contribution >= 4 is 5.78 Å². The number of carbonyl (C=O) groups is 1. The smallest absolute Gasteiger partial charge is 0.211 e. The number of Topliss-reactive ketones (excluding diaryl/α,β-unsaturated/α-hetero) is 1. The first kappa shape index (κ1) is 16.3. The molecule has 0 amide bonds. The Morgan fingerprint density at radius 1 is 1.32 bits per heavy atom. The molecule has 2 unspecified atom stereocenters. The van der Waals surface area contributed by atoms with Crippen LogP contribution in [0, 0.1) is 5.92 Å². The number of ketones is 1. The van der Waals surface area contributed by atoms with E-state index in [1.54, 1.807) is 18.2 Å². The van der Waals surface area contributed by atoms with Crippen LogP contribution in [0.2, 0.25) is 0 Å². The lowest BCUT2D eigenvalue weighted by molar-refractivity contribution is -0.156. The molecular weight excluding hydrogens is 284 g/mol. The first-order valence-electron chi connectivity index (χ1n) is 7.15. The van der Waals surface area contributed by atoms with Crippen molar-refractivity contribution in [3.8, 4) is 5.75 Å². The minimum atomic E-state index is -1.16. The lowest BCUT2D eigenvalue weighted by Gasteiger charge is -2.30. The maximum absolute atomic E-state index is 12.5. The third kappa shape index (κ3) is 3.21. The summed E-state index contributed by atoms with van der Waals surface area (Å²) in [6.45, 7) is 2.42. The monoisotopic (exact) mass is 304 g/mol. The maximum atomic E-state index is 12.5. The number of ether oxygens (including phenoxy) is 2. The Morgan fingerprint density at radius 3 is 2.64 bits per heavy atom. The highest BCUT2D eigenvalue weighted by Crippen LogP contribution is 2.31. The Balaban J connectivity index is 2.24. The Labute approximate surface area is 129 Å². The van der Waals surface area contributed by atoms with E-state index in [-0.39, 0.29) is 22.9 Å². The van der Waals surface area contributed by atoms with E-state index in [2.05, 4.69) is 0 Å². The fourth-order valence-corrected chi connectivity index (χ4v) is 2.28. The van der Waals surface area contributed by atoms with Gasteiger partial charge in [-0.2, -0.15) is 0 Å². The number of benzene rings is 1. The number of rotatable bonds is 6. The van der Waals surface area contributed by atoms with Crippen molar-refractivity contribution in [3.05, 3.63) is 53.8 Å². The van der Waals surface area contributed by atoms with Gasteiger partial charge >= 0.3 is 0 Å². The summed E-state index contributed by atoms with van der Waals surface area (Å²) in [6, 6.07) is 6.24. The maximum Gasteiger partial charge on any atom is 0.211 e. The molecule has 1 aromatic carbocycles. The second kappa shape index (κ2) is 6.77. The summed E-state index contributed by atoms with van der Waals surface area (Å²) in [4.78, 5) is 12.5. The molecule has 0 saturated heterocycles. The second-order valence-electron chi connectivity index (χ2n) is 5.06. The number of phenolic OH excluding ortho intramolecular Hbond substituents is 1. The average Bonchev–Trinajstić information content (AvgIpc) is 2.53. The number of carbonyl (C=O) groups excluding carboxylic acids is 1. The predicted octanol–water partition coefficient (Wildman–Crippen LogP) is 2.97. The molecule has 2 atom stereocenters. The quantitative estimate of drug-likeness (QED) is 0.480. The normalized spacial score (nSPS) is 24.1. The lowest BCUT2D eigenvalue weighted by atomic mass is 9.90. The molecule has 118 valence electrons. The van der Waals surface area contributed by atoms with Crippen molar-refractivity contribution in [3.63, 3.8) is 0 Å². The molecule has 0 spiro atoms. The van der Waals surface area contributed by atoms with E-state index in [9.17, 15) is 15.0 Å². The molecule has 1 aliphatic rings. The summed E-state index contributed by atoms with van der Waals surface area (Å²) < 4.78 is 10.9. The highest BCUT2D eigenvalue weighted by atomic mass is 16.7. The van der Waals surface area contributed by atoms with E-state index in [1.807, 2.05) is 6.92 Å². The zero-order valence-corrected chi connectivity index (χ0v) is 12.7. The van der Waals surface area contributed by atoms with Crippen LogP contribution in [0.4, 0.5) is 0 Å². The summed E-state index contributed by atoms with van der Waals surface area (Å²) in [6.07, 6.45) is 5.31. The van der Waals surface area contributed by atoms with E-state index in [1.165, 1.54) is 31.4 Å². The molecule has 1 aromatic rings. The fourth-order valence-electron chi connectivity index (χ4n) is 2.28. The Morgan fingerprint density at radius 2 is 2.05 bits per heavy atom. The fraction of sp³-hybridized carbons (Fsp3) is 0.353. The highest BCUT2D eigenvalue weighted by Gasteiger charge is 2.35. The van der Waals surface area contributed by atoms with Crippen molar-refractivity contribution in [2.45, 2.75) is 19.1 Å². The zero-order valence-electron chi connectivity index (χ0n) is 12.7. The van der Waals surface area contributed by atoms with Gasteiger partial charge in [0.05, 0.1) is 18.1 Å². The van der Waals surface area contributed by atoms with Crippen molar-refractivity contribution in [1.29, 1.82) is 0 Å². The minimum Gasteiger partial charge on any atom is -0.511 e. The summed E-state index contributed by atoms with van der Waals surface area (Å²) >= 11 is 0. The molecular formula is C17H20O5. The van der Waals surface area contributed by atoms with Crippen molar-refractivity contribution in [2.24, 2.45) is 5.92 Å². The molecule has 0 heterocycles. The van der Waals surface area contributed by atoms with Gasteiger partial charge in [0.1, 0.15) is 11.5 Å². The number of hydrogen-bond donors (Lipinski definition) is 2. The lowest BCUT2D eigenvalue weighted by Crippen LogP contribution is -2.35. The van der Waals surface area contributed by atoms with Gasteiger partial charge in [0.25, 0.3) is 0 Å². The molecule has 22 heavy (non-hydrogen) atoms. The van der Waals surface area contributed by atoms with E-state index in [0.29, 0.717) is 6.61 Å². The van der Waals surface area contributed by atoms with Gasteiger partial charge in [-0.1, -0.05) is 25.1 Å². The Kier molecular flexibility index (Phi) is 5.00. The van der Waals surface area contributed by atoms with Crippen LogP contribution in [0.15, 0.2) is 48.3 Å². The van der Waals surface area contributed by atoms with Crippen LogP contribution in [0.5, 0.6) is 5.75 Å². The standard InChI is InChI=1S/C17H20O5/c1-3-10-22-17(21-2)9-8-13(15(19)11-17)16(20)12-6-4-5-7-14(12)18/h4-9,11,13,18-19H,3,10H2,1-2H3. The molecule has 5 heteroatoms. The van der Waals surface area contributed by atoms with Gasteiger partial charge in [-0.25, -0.2) is 0 Å². The molecule has 1 aliphatic carbocycles. The third-order valence-corrected chi connectivity index (χ3v) is 3.49. The van der Waals surface area contributed by atoms with E-state index < -0.39 is 11.7 Å². The van der Waals surface area contributed by atoms with Crippen LogP contribution in [-0.4, -0.2) is 35.5 Å². The van der Waals surface area contributed by atoms with Crippen molar-refractivity contribution in [1.82, 2.24) is 0 Å². The van der Waals surface area contributed by atoms with E-state index in [4.69, 9.17) is 9.47 Å². The van der Waals surface area contributed by atoms with Crippen molar-refractivity contribution < 1.29 is 24.5 Å². The highest BCUT2D eigenvalue weighted by molar-refractivity contribution is 6.02. The van der Waals surface area contributed by atoms with Crippen LogP contribution in [0.1, 0.15) is 23.7 Å². The molecule has 0 aliphatic heterocycles. The molecule has 0 saturated carbocycles. The van der Waals surface area contributed by atoms with Crippen LogP contribution < -0.4 is 0 Å². The number of allylic oxidation sites excluding steroid dienone is 1. The average molecular weight is 304 g/mol. The van der Waals surface area contributed by atoms with E-state index in [0.717, 1.165) is 6.42 Å². The van der Waals surface area contributed by atoms with Gasteiger partial charge < -0.3 is 19.7 Å². The van der Waals surface area contributed by atoms with Crippen LogP contribution in [0.25, 0.3) is 0 Å². The number of methoxy groups -OCH3 is 1. The zero-order chi connectivity index (χ0) is 16.2. The van der Waals surface area contributed by atoms with Crippen molar-refractivity contribution in [2.75, 3.05) is 13.7 Å². The van der Waals surface area contributed by atoms with E-state index >= 15 is 0 Å². The largest absolute Gasteiger partial charge is 0.511 e. The summed E-state index contributed by atoms with van der Waals surface area (Å²) in [7, 11) is 1.47. The number of para-hydroxylation sites is 1. The summed E-state index contributed by atoms with van der Waals surface area (Å²) in [5, 5.41) is 20.0. The number of aliphatic hydroxyl groups is 1. The first-order valence-corrected chi connectivity index (χ1v) is 7.15. The van der Waals surface area contributed by atoms with Gasteiger partial charge in [-0.15, -0.1) is 0 Å². The molecule has 0 fully saturated rings. The van der Waals surface area contributed by atoms with Gasteiger partial charge in [0.2, 0.25) is 5.79 Å². The number of hydrogen-bond acceptors (Lipinski definition) is 5. The third-order valence-electron chi connectivity index (χ3n) is 3.49. The number of aliphatic hydroxyl groups excluding tert-OH is 1. The molecule has 2 rings (SSSR count). The predicted molar refractivity (Wildman–Crippen MR) is 81.8 cm³/mol. The SMILES string of the molecule is CCCOC1(OC)C=CC(C(=O)c2ccccc2O)C(O)=C1. The molecule has 0 bridgehead atoms. The van der Waals surface area contributed by atoms with Gasteiger partial charge in [-0.3, -0.25) is 4.79 Å². The Hall–Kier alpha value is -2.11. The minimum absolute atomic E-state index is 0.112. The van der Waals surface area contributed by atoms with Crippen LogP contribution in [0.3, 0.4) is 0 Å². The summed E-state index contributed by atoms with van der Waals surface area (Å²) in [5.74, 6) is -2.67. The van der Waals surface area contributed by atoms with Crippen LogP contribution in [-0.2, 0) is 9.47 Å². The molecule has 2 N–H and O–H groups in total. The number of phenols is 1. The van der Waals surface area contributed by atoms with Gasteiger partial charge in [0, 0.05) is 13.2 Å². The van der Waals surface area contributed by atoms with Gasteiger partial charge in [0.15, 0.2) is 5.78 Å². The van der Waals surface area contributed by atoms with Gasteiger partial charge in [-0.05, 0) is 24.6 Å². The molecule has 0 aromatic heterocycles. The second-order valence-corrected chi connectivity index (χ2v) is 5.06. The molecule has 0 radical (unpaired) electrons. The number of aromatic hydroxyl groups is 1. The topological polar surface area (TPSA) is 76.0 Å². The molecule has 5 nitrogen and oxygen atoms in total. The van der Waals surface area contributed by atoms with Crippen LogP contribution >= 0.6 is 0 Å². The first-order chi connectivity index (χ1) is 10.5.